The van der Waals surface area contributed by atoms with Gasteiger partial charge in [0.05, 0.1) is 17.2 Å². The summed E-state index contributed by atoms with van der Waals surface area (Å²) in [5.41, 5.74) is 2.01. The maximum Gasteiger partial charge on any atom is 0.256 e. The van der Waals surface area contributed by atoms with Crippen LogP contribution in [0.5, 0.6) is 0 Å². The summed E-state index contributed by atoms with van der Waals surface area (Å²) in [6, 6.07) is 10.9. The van der Waals surface area contributed by atoms with Crippen LogP contribution in [0.15, 0.2) is 40.9 Å². The average molecular weight is 333 g/mol. The Kier molecular flexibility index (Phi) is 4.16. The van der Waals surface area contributed by atoms with E-state index in [-0.39, 0.29) is 5.56 Å². The fourth-order valence-corrected chi connectivity index (χ4v) is 2.11. The Hall–Kier alpha value is -2.19. The number of nitrogens with one attached hydrogen (secondary N) is 1. The Bertz CT molecular complexity index is 722. The lowest BCUT2D eigenvalue weighted by Gasteiger charge is -2.10. The predicted molar refractivity (Wildman–Crippen MR) is 77.9 cm³/mol. The third-order valence-electron chi connectivity index (χ3n) is 2.79. The molecule has 1 amide bonds. The molecule has 0 bridgehead atoms. The van der Waals surface area contributed by atoms with Gasteiger partial charge in [-0.3, -0.25) is 4.79 Å². The van der Waals surface area contributed by atoms with E-state index in [2.05, 4.69) is 21.2 Å². The van der Waals surface area contributed by atoms with Crippen molar-refractivity contribution in [2.75, 3.05) is 5.32 Å². The first kappa shape index (κ1) is 14.2. The van der Waals surface area contributed by atoms with Crippen LogP contribution in [-0.4, -0.2) is 5.91 Å². The van der Waals surface area contributed by atoms with Crippen molar-refractivity contribution in [2.45, 2.75) is 6.92 Å². The molecule has 2 aromatic rings. The number of nitriles is 1. The van der Waals surface area contributed by atoms with Gasteiger partial charge >= 0.3 is 0 Å². The van der Waals surface area contributed by atoms with Crippen LogP contribution in [0.4, 0.5) is 10.1 Å². The highest BCUT2D eigenvalue weighted by Gasteiger charge is 2.12. The number of benzene rings is 2. The van der Waals surface area contributed by atoms with Crippen LogP contribution in [0.2, 0.25) is 0 Å². The van der Waals surface area contributed by atoms with E-state index in [0.29, 0.717) is 15.7 Å². The first-order chi connectivity index (χ1) is 9.51. The van der Waals surface area contributed by atoms with Crippen molar-refractivity contribution in [1.29, 1.82) is 5.26 Å². The number of halogens is 2. The van der Waals surface area contributed by atoms with Gasteiger partial charge in [-0.2, -0.15) is 5.26 Å². The van der Waals surface area contributed by atoms with E-state index in [4.69, 9.17) is 5.26 Å². The quantitative estimate of drug-likeness (QED) is 0.902. The molecule has 3 nitrogen and oxygen atoms in total. The molecule has 5 heteroatoms. The average Bonchev–Trinajstić information content (AvgIpc) is 2.43. The summed E-state index contributed by atoms with van der Waals surface area (Å²) in [7, 11) is 0. The van der Waals surface area contributed by atoms with Crippen LogP contribution in [0, 0.1) is 24.1 Å². The second-order valence-corrected chi connectivity index (χ2v) is 5.07. The summed E-state index contributed by atoms with van der Waals surface area (Å²) in [5, 5.41) is 11.5. The van der Waals surface area contributed by atoms with Gasteiger partial charge in [0, 0.05) is 10.2 Å². The summed E-state index contributed by atoms with van der Waals surface area (Å²) >= 11 is 3.21. The van der Waals surface area contributed by atoms with E-state index in [9.17, 15) is 9.18 Å². The molecule has 1 N–H and O–H groups in total. The Morgan fingerprint density at radius 3 is 2.75 bits per heavy atom. The molecule has 0 fully saturated rings. The number of nitrogens with zero attached hydrogens (tertiary/aromatic N) is 1. The number of carbonyl (C=O) groups is 1. The molecule has 100 valence electrons. The highest BCUT2D eigenvalue weighted by atomic mass is 79.9. The zero-order valence-corrected chi connectivity index (χ0v) is 12.2. The van der Waals surface area contributed by atoms with Crippen molar-refractivity contribution < 1.29 is 9.18 Å². The Balaban J connectivity index is 2.33. The molecule has 0 spiro atoms. The third kappa shape index (κ3) is 3.03. The third-order valence-corrected chi connectivity index (χ3v) is 3.48. The maximum absolute atomic E-state index is 13.2. The molecule has 0 atom stereocenters. The van der Waals surface area contributed by atoms with Crippen molar-refractivity contribution in [3.8, 4) is 6.07 Å². The number of hydrogen-bond donors (Lipinski definition) is 1. The molecule has 2 aromatic carbocycles. The largest absolute Gasteiger partial charge is 0.322 e. The molecule has 0 aromatic heterocycles. The van der Waals surface area contributed by atoms with Crippen LogP contribution < -0.4 is 5.32 Å². The van der Waals surface area contributed by atoms with E-state index in [1.165, 1.54) is 12.1 Å². The van der Waals surface area contributed by atoms with Gasteiger partial charge in [-0.25, -0.2) is 4.39 Å². The van der Waals surface area contributed by atoms with Crippen LogP contribution in [0.1, 0.15) is 21.5 Å². The van der Waals surface area contributed by atoms with Crippen molar-refractivity contribution in [2.24, 2.45) is 0 Å². The fraction of sp³-hybridized carbons (Fsp3) is 0.0667. The fourth-order valence-electron chi connectivity index (χ4n) is 1.69. The van der Waals surface area contributed by atoms with E-state index in [1.54, 1.807) is 18.2 Å². The van der Waals surface area contributed by atoms with Crippen molar-refractivity contribution in [3.05, 3.63) is 63.4 Å². The normalized spacial score (nSPS) is 9.90. The summed E-state index contributed by atoms with van der Waals surface area (Å²) in [5.74, 6) is -0.921. The van der Waals surface area contributed by atoms with E-state index >= 15 is 0 Å². The van der Waals surface area contributed by atoms with Gasteiger partial charge in [0.2, 0.25) is 0 Å². The zero-order chi connectivity index (χ0) is 14.7. The minimum atomic E-state index is -0.485. The molecule has 0 radical (unpaired) electrons. The number of aryl methyl sites for hydroxylation is 1. The smallest absolute Gasteiger partial charge is 0.256 e. The topological polar surface area (TPSA) is 52.9 Å². The minimum absolute atomic E-state index is 0.201. The lowest BCUT2D eigenvalue weighted by Crippen LogP contribution is -2.14. The predicted octanol–water partition coefficient (Wildman–Crippen LogP) is 4.02. The Morgan fingerprint density at radius 1 is 1.30 bits per heavy atom. The van der Waals surface area contributed by atoms with Crippen molar-refractivity contribution >= 4 is 27.5 Å². The van der Waals surface area contributed by atoms with Gasteiger partial charge in [-0.05, 0) is 58.7 Å². The van der Waals surface area contributed by atoms with E-state index < -0.39 is 11.7 Å². The van der Waals surface area contributed by atoms with E-state index in [1.807, 2.05) is 13.0 Å². The van der Waals surface area contributed by atoms with Crippen molar-refractivity contribution in [1.82, 2.24) is 0 Å². The highest BCUT2D eigenvalue weighted by Crippen LogP contribution is 2.21. The van der Waals surface area contributed by atoms with Gasteiger partial charge in [-0.15, -0.1) is 0 Å². The van der Waals surface area contributed by atoms with Crippen molar-refractivity contribution in [3.63, 3.8) is 0 Å². The molecule has 0 saturated carbocycles. The van der Waals surface area contributed by atoms with E-state index in [0.717, 1.165) is 11.6 Å². The highest BCUT2D eigenvalue weighted by molar-refractivity contribution is 9.10. The Morgan fingerprint density at radius 2 is 2.05 bits per heavy atom. The Labute approximate surface area is 124 Å². The van der Waals surface area contributed by atoms with Crippen LogP contribution in [-0.2, 0) is 0 Å². The monoisotopic (exact) mass is 332 g/mol. The van der Waals surface area contributed by atoms with Gasteiger partial charge in [0.15, 0.2) is 0 Å². The molecule has 20 heavy (non-hydrogen) atoms. The first-order valence-corrected chi connectivity index (χ1v) is 6.57. The van der Waals surface area contributed by atoms with Crippen LogP contribution in [0.3, 0.4) is 0 Å². The number of rotatable bonds is 2. The second kappa shape index (κ2) is 5.85. The molecule has 0 saturated heterocycles. The molecule has 0 aliphatic heterocycles. The zero-order valence-electron chi connectivity index (χ0n) is 10.6. The summed E-state index contributed by atoms with van der Waals surface area (Å²) in [6.45, 7) is 1.82. The molecular formula is C15H10BrFN2O. The second-order valence-electron chi connectivity index (χ2n) is 4.22. The number of hydrogen-bond acceptors (Lipinski definition) is 2. The van der Waals surface area contributed by atoms with Crippen LogP contribution in [0.25, 0.3) is 0 Å². The summed E-state index contributed by atoms with van der Waals surface area (Å²) in [4.78, 5) is 12.1. The molecule has 0 aliphatic rings. The molecule has 2 rings (SSSR count). The summed E-state index contributed by atoms with van der Waals surface area (Å²) < 4.78 is 13.7. The van der Waals surface area contributed by atoms with Gasteiger partial charge in [0.25, 0.3) is 5.91 Å². The minimum Gasteiger partial charge on any atom is -0.322 e. The summed E-state index contributed by atoms with van der Waals surface area (Å²) in [6.07, 6.45) is 0. The van der Waals surface area contributed by atoms with Gasteiger partial charge in [-0.1, -0.05) is 6.07 Å². The SMILES string of the molecule is Cc1ccc(C#N)cc1NC(=O)c1cc(F)ccc1Br. The first-order valence-electron chi connectivity index (χ1n) is 5.78. The molecule has 0 unspecified atom stereocenters. The molecular weight excluding hydrogens is 323 g/mol. The standard InChI is InChI=1S/C15H10BrFN2O/c1-9-2-3-10(8-18)6-14(9)19-15(20)12-7-11(17)4-5-13(12)16/h2-7H,1H3,(H,19,20). The number of amides is 1. The lowest BCUT2D eigenvalue weighted by atomic mass is 10.1. The lowest BCUT2D eigenvalue weighted by molar-refractivity contribution is 0.102. The van der Waals surface area contributed by atoms with Gasteiger partial charge in [0.1, 0.15) is 5.82 Å². The molecule has 0 heterocycles. The van der Waals surface area contributed by atoms with Crippen LogP contribution >= 0.6 is 15.9 Å². The molecule has 0 aliphatic carbocycles. The number of anilines is 1. The van der Waals surface area contributed by atoms with Gasteiger partial charge < -0.3 is 5.32 Å². The maximum atomic E-state index is 13.2. The number of carbonyl (C=O) groups excluding carboxylic acids is 1.